The predicted octanol–water partition coefficient (Wildman–Crippen LogP) is 3.21. The van der Waals surface area contributed by atoms with Crippen LogP contribution in [0, 0.1) is 0 Å². The average molecular weight is 435 g/mol. The highest BCUT2D eigenvalue weighted by Gasteiger charge is 2.31. The van der Waals surface area contributed by atoms with Crippen LogP contribution >= 0.6 is 0 Å². The Bertz CT molecular complexity index is 1040. The molecule has 31 heavy (non-hydrogen) atoms. The SMILES string of the molecule is CC(C)Oc1ccc(-n2nc(NC3C=CC=C(OCC(F)(F)F)C3=C=O)nc2N)cc1. The number of nitrogens with two attached hydrogens (primary N) is 1. The van der Waals surface area contributed by atoms with E-state index < -0.39 is 18.8 Å². The molecule has 0 radical (unpaired) electrons. The summed E-state index contributed by atoms with van der Waals surface area (Å²) in [6, 6.07) is 6.17. The maximum Gasteiger partial charge on any atom is 0.422 e. The summed E-state index contributed by atoms with van der Waals surface area (Å²) in [4.78, 5) is 15.5. The summed E-state index contributed by atoms with van der Waals surface area (Å²) >= 11 is 0. The molecular formula is C20H20F3N5O3. The number of nitrogens with zero attached hydrogens (tertiary/aromatic N) is 3. The molecule has 1 atom stereocenters. The van der Waals surface area contributed by atoms with E-state index in [1.165, 1.54) is 22.9 Å². The quantitative estimate of drug-likeness (QED) is 0.644. The van der Waals surface area contributed by atoms with Crippen molar-refractivity contribution >= 4 is 17.8 Å². The maximum atomic E-state index is 12.4. The van der Waals surface area contributed by atoms with Gasteiger partial charge in [-0.1, -0.05) is 12.2 Å². The summed E-state index contributed by atoms with van der Waals surface area (Å²) in [7, 11) is 0. The Kier molecular flexibility index (Phi) is 6.36. The molecule has 3 rings (SSSR count). The van der Waals surface area contributed by atoms with E-state index in [1.54, 1.807) is 30.2 Å². The molecule has 2 aromatic rings. The Morgan fingerprint density at radius 3 is 2.61 bits per heavy atom. The van der Waals surface area contributed by atoms with Crippen LogP contribution in [-0.4, -0.2) is 45.6 Å². The standard InChI is InChI=1S/C20H20F3N5O3/c1-12(2)31-14-8-6-13(7-9-14)28-18(24)26-19(27-28)25-16-4-3-5-17(15(16)10-29)30-11-20(21,22)23/h3-9,12,16H,11H2,1-2H3,(H3,24,25,26,27). The molecule has 0 fully saturated rings. The minimum Gasteiger partial charge on any atom is -0.491 e. The number of nitrogen functional groups attached to an aromatic ring is 1. The van der Waals surface area contributed by atoms with Gasteiger partial charge in [0.2, 0.25) is 11.9 Å². The van der Waals surface area contributed by atoms with Crippen molar-refractivity contribution in [2.24, 2.45) is 0 Å². The Morgan fingerprint density at radius 1 is 1.29 bits per heavy atom. The number of benzene rings is 1. The molecule has 0 amide bonds. The van der Waals surface area contributed by atoms with Crippen LogP contribution < -0.4 is 15.8 Å². The predicted molar refractivity (Wildman–Crippen MR) is 107 cm³/mol. The summed E-state index contributed by atoms with van der Waals surface area (Å²) in [5, 5.41) is 7.10. The van der Waals surface area contributed by atoms with E-state index in [1.807, 2.05) is 13.8 Å². The van der Waals surface area contributed by atoms with Crippen LogP contribution in [0.5, 0.6) is 5.75 Å². The van der Waals surface area contributed by atoms with E-state index >= 15 is 0 Å². The van der Waals surface area contributed by atoms with Crippen molar-refractivity contribution < 1.29 is 27.4 Å². The van der Waals surface area contributed by atoms with Gasteiger partial charge in [0.1, 0.15) is 23.0 Å². The molecule has 0 bridgehead atoms. The van der Waals surface area contributed by atoms with Gasteiger partial charge in [-0.15, -0.1) is 5.10 Å². The number of nitrogens with one attached hydrogen (secondary N) is 1. The fourth-order valence-corrected chi connectivity index (χ4v) is 2.77. The van der Waals surface area contributed by atoms with Gasteiger partial charge in [0.05, 0.1) is 17.8 Å². The van der Waals surface area contributed by atoms with Gasteiger partial charge < -0.3 is 20.5 Å². The van der Waals surface area contributed by atoms with Gasteiger partial charge in [-0.3, -0.25) is 0 Å². The highest BCUT2D eigenvalue weighted by atomic mass is 19.4. The van der Waals surface area contributed by atoms with Gasteiger partial charge in [-0.2, -0.15) is 22.8 Å². The van der Waals surface area contributed by atoms with Crippen molar-refractivity contribution in [2.45, 2.75) is 32.2 Å². The average Bonchev–Trinajstić information content (AvgIpc) is 3.06. The van der Waals surface area contributed by atoms with Crippen molar-refractivity contribution in [2.75, 3.05) is 17.7 Å². The van der Waals surface area contributed by atoms with Gasteiger partial charge in [-0.05, 0) is 44.2 Å². The molecule has 3 N–H and O–H groups in total. The van der Waals surface area contributed by atoms with Crippen LogP contribution in [0.4, 0.5) is 25.1 Å². The molecule has 164 valence electrons. The van der Waals surface area contributed by atoms with Gasteiger partial charge >= 0.3 is 6.18 Å². The molecule has 0 saturated carbocycles. The summed E-state index contributed by atoms with van der Waals surface area (Å²) < 4.78 is 49.0. The largest absolute Gasteiger partial charge is 0.491 e. The number of anilines is 2. The first-order chi connectivity index (χ1) is 14.7. The molecule has 1 aliphatic rings. The molecule has 0 saturated heterocycles. The third-order valence-electron chi connectivity index (χ3n) is 4.00. The second-order valence-electron chi connectivity index (χ2n) is 6.82. The second-order valence-corrected chi connectivity index (χ2v) is 6.82. The number of rotatable bonds is 7. The zero-order valence-electron chi connectivity index (χ0n) is 16.7. The zero-order valence-corrected chi connectivity index (χ0v) is 16.7. The van der Waals surface area contributed by atoms with Crippen LogP contribution in [0.2, 0.25) is 0 Å². The first-order valence-electron chi connectivity index (χ1n) is 9.26. The second kappa shape index (κ2) is 8.97. The molecule has 11 heteroatoms. The Balaban J connectivity index is 1.74. The van der Waals surface area contributed by atoms with Gasteiger partial charge in [0.25, 0.3) is 0 Å². The summed E-state index contributed by atoms with van der Waals surface area (Å²) in [6.45, 7) is 2.30. The normalized spacial score (nSPS) is 16.1. The number of alkyl halides is 3. The van der Waals surface area contributed by atoms with Crippen molar-refractivity contribution in [3.8, 4) is 11.4 Å². The van der Waals surface area contributed by atoms with Crippen molar-refractivity contribution in [1.29, 1.82) is 0 Å². The Morgan fingerprint density at radius 2 is 2.00 bits per heavy atom. The van der Waals surface area contributed by atoms with Crippen LogP contribution in [0.1, 0.15) is 13.8 Å². The van der Waals surface area contributed by atoms with E-state index in [4.69, 9.17) is 15.2 Å². The highest BCUT2D eigenvalue weighted by Crippen LogP contribution is 2.25. The smallest absolute Gasteiger partial charge is 0.422 e. The van der Waals surface area contributed by atoms with Crippen LogP contribution in [0.25, 0.3) is 5.69 Å². The fourth-order valence-electron chi connectivity index (χ4n) is 2.77. The molecular weight excluding hydrogens is 415 g/mol. The summed E-state index contributed by atoms with van der Waals surface area (Å²) in [5.41, 5.74) is 6.42. The van der Waals surface area contributed by atoms with Crippen LogP contribution in [0.15, 0.2) is 53.8 Å². The molecule has 1 unspecified atom stereocenters. The van der Waals surface area contributed by atoms with Crippen LogP contribution in [0.3, 0.4) is 0 Å². The first-order valence-corrected chi connectivity index (χ1v) is 9.26. The van der Waals surface area contributed by atoms with E-state index in [0.717, 1.165) is 0 Å². The Labute approximate surface area is 175 Å². The van der Waals surface area contributed by atoms with Crippen molar-refractivity contribution in [1.82, 2.24) is 14.8 Å². The minimum atomic E-state index is -4.54. The van der Waals surface area contributed by atoms with Crippen LogP contribution in [-0.2, 0) is 9.53 Å². The topological polar surface area (TPSA) is 104 Å². The number of ether oxygens (including phenoxy) is 2. The molecule has 0 aliphatic heterocycles. The number of carbonyl (C=O) groups excluding carboxylic acids is 1. The maximum absolute atomic E-state index is 12.4. The van der Waals surface area contributed by atoms with E-state index in [9.17, 15) is 18.0 Å². The number of halogens is 3. The number of hydrogen-bond acceptors (Lipinski definition) is 7. The number of allylic oxidation sites excluding steroid dienone is 2. The van der Waals surface area contributed by atoms with Gasteiger partial charge in [0, 0.05) is 0 Å². The van der Waals surface area contributed by atoms with Gasteiger partial charge in [0.15, 0.2) is 6.61 Å². The van der Waals surface area contributed by atoms with E-state index in [-0.39, 0.29) is 29.3 Å². The fraction of sp³-hybridized carbons (Fsp3) is 0.300. The minimum absolute atomic E-state index is 0.0285. The summed E-state index contributed by atoms with van der Waals surface area (Å²) in [5.74, 6) is 2.21. The first kappa shape index (κ1) is 22.0. The molecule has 1 heterocycles. The highest BCUT2D eigenvalue weighted by molar-refractivity contribution is 5.66. The van der Waals surface area contributed by atoms with Crippen molar-refractivity contribution in [3.63, 3.8) is 0 Å². The van der Waals surface area contributed by atoms with E-state index in [2.05, 4.69) is 15.4 Å². The lowest BCUT2D eigenvalue weighted by atomic mass is 10.0. The number of aromatic nitrogens is 3. The lowest BCUT2D eigenvalue weighted by Crippen LogP contribution is -2.26. The molecule has 0 spiro atoms. The lowest BCUT2D eigenvalue weighted by molar-refractivity contribution is -0.164. The Hall–Kier alpha value is -3.72. The number of hydrogen-bond donors (Lipinski definition) is 2. The molecule has 1 aliphatic carbocycles. The molecule has 8 nitrogen and oxygen atoms in total. The third-order valence-corrected chi connectivity index (χ3v) is 4.00. The molecule has 1 aromatic heterocycles. The molecule has 1 aromatic carbocycles. The van der Waals surface area contributed by atoms with E-state index in [0.29, 0.717) is 11.4 Å². The monoisotopic (exact) mass is 435 g/mol. The third kappa shape index (κ3) is 5.67. The van der Waals surface area contributed by atoms with Gasteiger partial charge in [-0.25, -0.2) is 4.79 Å². The lowest BCUT2D eigenvalue weighted by Gasteiger charge is -2.21. The zero-order chi connectivity index (χ0) is 22.6. The summed E-state index contributed by atoms with van der Waals surface area (Å²) in [6.07, 6.45) is -0.261. The van der Waals surface area contributed by atoms with Crippen molar-refractivity contribution in [3.05, 3.63) is 53.8 Å².